The van der Waals surface area contributed by atoms with Gasteiger partial charge in [0, 0.05) is 4.90 Å². The Labute approximate surface area is 85.1 Å². The molecule has 0 atom stereocenters. The first-order chi connectivity index (χ1) is 6.33. The highest BCUT2D eigenvalue weighted by molar-refractivity contribution is 7.98. The van der Waals surface area contributed by atoms with Crippen molar-refractivity contribution in [1.82, 2.24) is 0 Å². The van der Waals surface area contributed by atoms with Gasteiger partial charge in [-0.1, -0.05) is 31.2 Å². The van der Waals surface area contributed by atoms with Gasteiger partial charge in [-0.25, -0.2) is 0 Å². The van der Waals surface area contributed by atoms with Crippen molar-refractivity contribution in [1.29, 1.82) is 0 Å². The van der Waals surface area contributed by atoms with Crippen LogP contribution >= 0.6 is 11.8 Å². The predicted molar refractivity (Wildman–Crippen MR) is 62.2 cm³/mol. The second-order valence-corrected chi connectivity index (χ2v) is 3.72. The van der Waals surface area contributed by atoms with Gasteiger partial charge in [0.1, 0.15) is 0 Å². The summed E-state index contributed by atoms with van der Waals surface area (Å²) in [6.45, 7) is 4.31. The van der Waals surface area contributed by atoms with Crippen LogP contribution in [-0.4, -0.2) is 6.26 Å². The Kier molecular flexibility index (Phi) is 4.10. The number of hydrogen-bond donors (Lipinski definition) is 0. The van der Waals surface area contributed by atoms with Gasteiger partial charge >= 0.3 is 0 Å². The average molecular weight is 192 g/mol. The monoisotopic (exact) mass is 192 g/mol. The van der Waals surface area contributed by atoms with Crippen molar-refractivity contribution in [3.63, 3.8) is 0 Å². The van der Waals surface area contributed by atoms with E-state index in [0.29, 0.717) is 0 Å². The lowest BCUT2D eigenvalue weighted by molar-refractivity contribution is 1.21. The normalized spacial score (nSPS) is 11.8. The molecule has 0 bridgehead atoms. The summed E-state index contributed by atoms with van der Waals surface area (Å²) in [5.74, 6) is 0. The van der Waals surface area contributed by atoms with Gasteiger partial charge in [0.15, 0.2) is 0 Å². The van der Waals surface area contributed by atoms with Gasteiger partial charge in [-0.05, 0) is 36.8 Å². The molecule has 0 unspecified atom stereocenters. The summed E-state index contributed by atoms with van der Waals surface area (Å²) in [6, 6.07) is 8.58. The van der Waals surface area contributed by atoms with Crippen LogP contribution < -0.4 is 0 Å². The zero-order valence-electron chi connectivity index (χ0n) is 8.50. The number of rotatable bonds is 3. The minimum Gasteiger partial charge on any atom is -0.129 e. The van der Waals surface area contributed by atoms with Crippen LogP contribution in [0, 0.1) is 0 Å². The molecule has 0 amide bonds. The Balaban J connectivity index is 3.12. The molecule has 1 heteroatoms. The minimum atomic E-state index is 1.11. The van der Waals surface area contributed by atoms with E-state index in [2.05, 4.69) is 50.4 Å². The average Bonchev–Trinajstić information content (AvgIpc) is 2.20. The molecule has 0 nitrogen and oxygen atoms in total. The molecule has 70 valence electrons. The summed E-state index contributed by atoms with van der Waals surface area (Å²) >= 11 is 1.81. The zero-order valence-corrected chi connectivity index (χ0v) is 9.32. The molecule has 0 saturated carbocycles. The molecular formula is C12H16S. The van der Waals surface area contributed by atoms with E-state index in [1.54, 1.807) is 0 Å². The lowest BCUT2D eigenvalue weighted by Gasteiger charge is -2.08. The highest BCUT2D eigenvalue weighted by atomic mass is 32.2. The van der Waals surface area contributed by atoms with Crippen LogP contribution in [0.4, 0.5) is 0 Å². The molecule has 0 N–H and O–H groups in total. The van der Waals surface area contributed by atoms with Crippen LogP contribution in [0.2, 0.25) is 0 Å². The Morgan fingerprint density at radius 3 is 2.62 bits per heavy atom. The minimum absolute atomic E-state index is 1.11. The molecule has 0 fully saturated rings. The molecule has 0 heterocycles. The summed E-state index contributed by atoms with van der Waals surface area (Å²) in [6.07, 6.45) is 5.44. The zero-order chi connectivity index (χ0) is 9.68. The topological polar surface area (TPSA) is 0 Å². The van der Waals surface area contributed by atoms with E-state index in [1.807, 2.05) is 11.8 Å². The van der Waals surface area contributed by atoms with Gasteiger partial charge in [0.25, 0.3) is 0 Å². The second-order valence-electron chi connectivity index (χ2n) is 2.87. The van der Waals surface area contributed by atoms with E-state index in [0.717, 1.165) is 6.42 Å². The highest BCUT2D eigenvalue weighted by Crippen LogP contribution is 2.27. The van der Waals surface area contributed by atoms with Crippen LogP contribution in [0.5, 0.6) is 0 Å². The molecule has 1 aromatic rings. The quantitative estimate of drug-likeness (QED) is 0.646. The van der Waals surface area contributed by atoms with Gasteiger partial charge in [-0.3, -0.25) is 0 Å². The van der Waals surface area contributed by atoms with Gasteiger partial charge in [0.2, 0.25) is 0 Å². The van der Waals surface area contributed by atoms with Crippen molar-refractivity contribution in [2.45, 2.75) is 25.2 Å². The Morgan fingerprint density at radius 2 is 2.08 bits per heavy atom. The van der Waals surface area contributed by atoms with Crippen molar-refractivity contribution >= 4 is 17.3 Å². The highest BCUT2D eigenvalue weighted by Gasteiger charge is 2.02. The van der Waals surface area contributed by atoms with Gasteiger partial charge in [0.05, 0.1) is 0 Å². The molecule has 0 radical (unpaired) electrons. The number of thioether (sulfide) groups is 1. The molecule has 0 aliphatic heterocycles. The fraction of sp³-hybridized carbons (Fsp3) is 0.333. The maximum absolute atomic E-state index is 2.20. The van der Waals surface area contributed by atoms with Crippen LogP contribution in [0.1, 0.15) is 25.8 Å². The third-order valence-electron chi connectivity index (χ3n) is 2.18. The van der Waals surface area contributed by atoms with Crippen molar-refractivity contribution < 1.29 is 0 Å². The number of hydrogen-bond acceptors (Lipinski definition) is 1. The van der Waals surface area contributed by atoms with E-state index in [4.69, 9.17) is 0 Å². The smallest absolute Gasteiger partial charge is 0.0144 e. The van der Waals surface area contributed by atoms with Crippen LogP contribution in [0.15, 0.2) is 35.2 Å². The molecule has 1 rings (SSSR count). The standard InChI is InChI=1S/C12H16S/c1-4-10(5-2)11-8-6-7-9-12(11)13-3/h4,6-9H,5H2,1-3H3. The Bertz CT molecular complexity index is 300. The molecule has 0 aromatic heterocycles. The number of benzene rings is 1. The van der Waals surface area contributed by atoms with Gasteiger partial charge < -0.3 is 0 Å². The molecule has 13 heavy (non-hydrogen) atoms. The van der Waals surface area contributed by atoms with Crippen molar-refractivity contribution in [3.05, 3.63) is 35.9 Å². The summed E-state index contributed by atoms with van der Waals surface area (Å²) < 4.78 is 0. The number of allylic oxidation sites excluding steroid dienone is 2. The van der Waals surface area contributed by atoms with E-state index in [-0.39, 0.29) is 0 Å². The molecule has 0 aliphatic carbocycles. The van der Waals surface area contributed by atoms with E-state index < -0.39 is 0 Å². The summed E-state index contributed by atoms with van der Waals surface area (Å²) in [5.41, 5.74) is 2.82. The van der Waals surface area contributed by atoms with Crippen LogP contribution in [-0.2, 0) is 0 Å². The first kappa shape index (κ1) is 10.4. The van der Waals surface area contributed by atoms with Crippen LogP contribution in [0.3, 0.4) is 0 Å². The van der Waals surface area contributed by atoms with Crippen molar-refractivity contribution in [3.8, 4) is 0 Å². The Morgan fingerprint density at radius 1 is 1.38 bits per heavy atom. The van der Waals surface area contributed by atoms with Gasteiger partial charge in [-0.2, -0.15) is 0 Å². The maximum Gasteiger partial charge on any atom is 0.0144 e. The molecule has 0 saturated heterocycles. The van der Waals surface area contributed by atoms with E-state index in [9.17, 15) is 0 Å². The van der Waals surface area contributed by atoms with E-state index in [1.165, 1.54) is 16.0 Å². The third kappa shape index (κ3) is 2.38. The van der Waals surface area contributed by atoms with E-state index >= 15 is 0 Å². The largest absolute Gasteiger partial charge is 0.129 e. The molecule has 1 aromatic carbocycles. The summed E-state index contributed by atoms with van der Waals surface area (Å²) in [4.78, 5) is 1.37. The first-order valence-corrected chi connectivity index (χ1v) is 5.84. The fourth-order valence-corrected chi connectivity index (χ4v) is 2.09. The first-order valence-electron chi connectivity index (χ1n) is 4.62. The molecule has 0 spiro atoms. The lowest BCUT2D eigenvalue weighted by Crippen LogP contribution is -1.85. The van der Waals surface area contributed by atoms with Crippen LogP contribution in [0.25, 0.3) is 5.57 Å². The SMILES string of the molecule is CC=C(CC)c1ccccc1SC. The summed E-state index contributed by atoms with van der Waals surface area (Å²) in [7, 11) is 0. The lowest BCUT2D eigenvalue weighted by atomic mass is 10.0. The fourth-order valence-electron chi connectivity index (χ4n) is 1.46. The molecular weight excluding hydrogens is 176 g/mol. The van der Waals surface area contributed by atoms with Crippen molar-refractivity contribution in [2.24, 2.45) is 0 Å². The maximum atomic E-state index is 2.20. The van der Waals surface area contributed by atoms with Gasteiger partial charge in [-0.15, -0.1) is 11.8 Å². The predicted octanol–water partition coefficient (Wildman–Crippen LogP) is 4.22. The summed E-state index contributed by atoms with van der Waals surface area (Å²) in [5, 5.41) is 0. The second kappa shape index (κ2) is 5.13. The third-order valence-corrected chi connectivity index (χ3v) is 2.98. The molecule has 0 aliphatic rings. The Hall–Kier alpha value is -0.690. The van der Waals surface area contributed by atoms with Crippen molar-refractivity contribution in [2.75, 3.05) is 6.26 Å².